The van der Waals surface area contributed by atoms with Crippen molar-refractivity contribution in [3.05, 3.63) is 29.3 Å². The third-order valence-corrected chi connectivity index (χ3v) is 2.85. The average molecular weight is 249 g/mol. The molecule has 0 radical (unpaired) electrons. The van der Waals surface area contributed by atoms with Gasteiger partial charge in [-0.15, -0.1) is 0 Å². The van der Waals surface area contributed by atoms with Gasteiger partial charge in [0.1, 0.15) is 5.92 Å². The second kappa shape index (κ2) is 5.67. The van der Waals surface area contributed by atoms with Crippen LogP contribution in [0.4, 0.5) is 5.69 Å². The van der Waals surface area contributed by atoms with Crippen molar-refractivity contribution < 1.29 is 14.7 Å². The van der Waals surface area contributed by atoms with Gasteiger partial charge in [0.05, 0.1) is 0 Å². The monoisotopic (exact) mass is 249 g/mol. The highest BCUT2D eigenvalue weighted by molar-refractivity contribution is 6.04. The molecule has 1 aromatic rings. The van der Waals surface area contributed by atoms with E-state index in [1.807, 2.05) is 26.0 Å². The number of amides is 1. The Kier molecular flexibility index (Phi) is 4.48. The molecular weight excluding hydrogens is 230 g/mol. The first-order valence-electron chi connectivity index (χ1n) is 5.94. The van der Waals surface area contributed by atoms with Gasteiger partial charge in [-0.25, -0.2) is 0 Å². The molecule has 4 nitrogen and oxygen atoms in total. The Bertz CT molecular complexity index is 466. The summed E-state index contributed by atoms with van der Waals surface area (Å²) in [6, 6.07) is 5.62. The second-order valence-electron chi connectivity index (χ2n) is 4.87. The van der Waals surface area contributed by atoms with Gasteiger partial charge in [-0.05, 0) is 31.4 Å². The maximum atomic E-state index is 11.9. The summed E-state index contributed by atoms with van der Waals surface area (Å²) in [5, 5.41) is 11.7. The van der Waals surface area contributed by atoms with Crippen LogP contribution in [0.25, 0.3) is 0 Å². The van der Waals surface area contributed by atoms with E-state index in [2.05, 4.69) is 5.32 Å². The highest BCUT2D eigenvalue weighted by Crippen LogP contribution is 2.19. The van der Waals surface area contributed by atoms with Crippen molar-refractivity contribution in [1.29, 1.82) is 0 Å². The van der Waals surface area contributed by atoms with Gasteiger partial charge in [0.25, 0.3) is 0 Å². The average Bonchev–Trinajstić information content (AvgIpc) is 2.21. The standard InChI is InChI=1S/C14H19NO3/c1-8(2)12(14(17)18)13(16)15-11-6-5-9(3)7-10(11)4/h5-8,12H,1-4H3,(H,15,16)(H,17,18). The summed E-state index contributed by atoms with van der Waals surface area (Å²) in [7, 11) is 0. The number of anilines is 1. The van der Waals surface area contributed by atoms with Crippen LogP contribution in [-0.4, -0.2) is 17.0 Å². The second-order valence-corrected chi connectivity index (χ2v) is 4.87. The number of benzene rings is 1. The van der Waals surface area contributed by atoms with Crippen LogP contribution in [0, 0.1) is 25.7 Å². The van der Waals surface area contributed by atoms with Crippen molar-refractivity contribution in [2.75, 3.05) is 5.32 Å². The van der Waals surface area contributed by atoms with Crippen LogP contribution in [0.5, 0.6) is 0 Å². The molecule has 0 saturated carbocycles. The summed E-state index contributed by atoms with van der Waals surface area (Å²) in [4.78, 5) is 23.0. The molecule has 18 heavy (non-hydrogen) atoms. The van der Waals surface area contributed by atoms with Gasteiger partial charge >= 0.3 is 5.97 Å². The quantitative estimate of drug-likeness (QED) is 0.806. The Morgan fingerprint density at radius 2 is 1.83 bits per heavy atom. The third kappa shape index (κ3) is 3.32. The number of carboxylic acid groups (broad SMARTS) is 1. The highest BCUT2D eigenvalue weighted by Gasteiger charge is 2.29. The Morgan fingerprint density at radius 1 is 1.22 bits per heavy atom. The van der Waals surface area contributed by atoms with Gasteiger partial charge in [0.15, 0.2) is 0 Å². The zero-order chi connectivity index (χ0) is 13.9. The summed E-state index contributed by atoms with van der Waals surface area (Å²) < 4.78 is 0. The largest absolute Gasteiger partial charge is 0.481 e. The Hall–Kier alpha value is -1.84. The number of rotatable bonds is 4. The van der Waals surface area contributed by atoms with Crippen molar-refractivity contribution in [1.82, 2.24) is 0 Å². The Balaban J connectivity index is 2.89. The number of carbonyl (C=O) groups excluding carboxylic acids is 1. The molecule has 0 saturated heterocycles. The topological polar surface area (TPSA) is 66.4 Å². The third-order valence-electron chi connectivity index (χ3n) is 2.85. The predicted octanol–water partition coefficient (Wildman–Crippen LogP) is 2.60. The van der Waals surface area contributed by atoms with Crippen LogP contribution in [0.3, 0.4) is 0 Å². The zero-order valence-corrected chi connectivity index (χ0v) is 11.2. The number of aryl methyl sites for hydroxylation is 2. The summed E-state index contributed by atoms with van der Waals surface area (Å²) >= 11 is 0. The molecule has 4 heteroatoms. The van der Waals surface area contributed by atoms with E-state index < -0.39 is 17.8 Å². The number of aliphatic carboxylic acids is 1. The van der Waals surface area contributed by atoms with Crippen molar-refractivity contribution in [2.24, 2.45) is 11.8 Å². The van der Waals surface area contributed by atoms with Gasteiger partial charge in [0, 0.05) is 5.69 Å². The van der Waals surface area contributed by atoms with E-state index in [0.717, 1.165) is 11.1 Å². The first kappa shape index (κ1) is 14.2. The molecular formula is C14H19NO3. The summed E-state index contributed by atoms with van der Waals surface area (Å²) in [5.41, 5.74) is 2.69. The van der Waals surface area contributed by atoms with Crippen LogP contribution in [0.1, 0.15) is 25.0 Å². The Morgan fingerprint density at radius 3 is 2.28 bits per heavy atom. The molecule has 1 atom stereocenters. The molecule has 98 valence electrons. The molecule has 0 bridgehead atoms. The van der Waals surface area contributed by atoms with E-state index in [4.69, 9.17) is 5.11 Å². The molecule has 2 N–H and O–H groups in total. The first-order chi connectivity index (χ1) is 8.32. The molecule has 0 spiro atoms. The minimum Gasteiger partial charge on any atom is -0.481 e. The van der Waals surface area contributed by atoms with E-state index >= 15 is 0 Å². The number of carbonyl (C=O) groups is 2. The number of nitrogens with one attached hydrogen (secondary N) is 1. The lowest BCUT2D eigenvalue weighted by atomic mass is 9.95. The highest BCUT2D eigenvalue weighted by atomic mass is 16.4. The van der Waals surface area contributed by atoms with E-state index in [-0.39, 0.29) is 5.92 Å². The molecule has 0 aliphatic heterocycles. The maximum Gasteiger partial charge on any atom is 0.316 e. The molecule has 0 aliphatic carbocycles. The molecule has 0 fully saturated rings. The SMILES string of the molecule is Cc1ccc(NC(=O)C(C(=O)O)C(C)C)c(C)c1. The molecule has 1 aromatic carbocycles. The fourth-order valence-electron chi connectivity index (χ4n) is 1.86. The van der Waals surface area contributed by atoms with Crippen molar-refractivity contribution in [3.63, 3.8) is 0 Å². The lowest BCUT2D eigenvalue weighted by Gasteiger charge is -2.17. The number of hydrogen-bond donors (Lipinski definition) is 2. The lowest BCUT2D eigenvalue weighted by Crippen LogP contribution is -2.33. The smallest absolute Gasteiger partial charge is 0.316 e. The predicted molar refractivity (Wildman–Crippen MR) is 70.5 cm³/mol. The fraction of sp³-hybridized carbons (Fsp3) is 0.429. The molecule has 0 aliphatic rings. The molecule has 0 heterocycles. The van der Waals surface area contributed by atoms with Crippen LogP contribution < -0.4 is 5.32 Å². The summed E-state index contributed by atoms with van der Waals surface area (Å²) in [6.07, 6.45) is 0. The van der Waals surface area contributed by atoms with Crippen molar-refractivity contribution in [3.8, 4) is 0 Å². The number of hydrogen-bond acceptors (Lipinski definition) is 2. The summed E-state index contributed by atoms with van der Waals surface area (Å²) in [6.45, 7) is 7.29. The van der Waals surface area contributed by atoms with Gasteiger partial charge in [-0.2, -0.15) is 0 Å². The van der Waals surface area contributed by atoms with Gasteiger partial charge < -0.3 is 10.4 Å². The van der Waals surface area contributed by atoms with Crippen molar-refractivity contribution in [2.45, 2.75) is 27.7 Å². The van der Waals surface area contributed by atoms with Crippen LogP contribution in [0.15, 0.2) is 18.2 Å². The van der Waals surface area contributed by atoms with Crippen LogP contribution in [0.2, 0.25) is 0 Å². The molecule has 1 unspecified atom stereocenters. The van der Waals surface area contributed by atoms with Crippen LogP contribution >= 0.6 is 0 Å². The van der Waals surface area contributed by atoms with Crippen LogP contribution in [-0.2, 0) is 9.59 Å². The normalized spacial score (nSPS) is 12.3. The minimum absolute atomic E-state index is 0.242. The minimum atomic E-state index is -1.09. The van der Waals surface area contributed by atoms with Gasteiger partial charge in [-0.3, -0.25) is 9.59 Å². The van der Waals surface area contributed by atoms with Gasteiger partial charge in [-0.1, -0.05) is 31.5 Å². The van der Waals surface area contributed by atoms with Gasteiger partial charge in [0.2, 0.25) is 5.91 Å². The summed E-state index contributed by atoms with van der Waals surface area (Å²) in [5.74, 6) is -2.82. The van der Waals surface area contributed by atoms with Crippen molar-refractivity contribution >= 4 is 17.6 Å². The lowest BCUT2D eigenvalue weighted by molar-refractivity contribution is -0.147. The molecule has 0 aromatic heterocycles. The first-order valence-corrected chi connectivity index (χ1v) is 5.94. The van der Waals surface area contributed by atoms with E-state index in [1.54, 1.807) is 19.9 Å². The number of carboxylic acids is 1. The molecule has 1 rings (SSSR count). The zero-order valence-electron chi connectivity index (χ0n) is 11.2. The molecule has 1 amide bonds. The Labute approximate surface area is 107 Å². The maximum absolute atomic E-state index is 11.9. The van der Waals surface area contributed by atoms with E-state index in [1.165, 1.54) is 0 Å². The van der Waals surface area contributed by atoms with E-state index in [0.29, 0.717) is 5.69 Å². The van der Waals surface area contributed by atoms with E-state index in [9.17, 15) is 9.59 Å². The fourth-order valence-corrected chi connectivity index (χ4v) is 1.86.